The molecule has 1 saturated carbocycles. The molecule has 2 aliphatic rings. The van der Waals surface area contributed by atoms with Crippen molar-refractivity contribution in [3.8, 4) is 28.7 Å². The molecule has 5 heterocycles. The first kappa shape index (κ1) is 39.1. The zero-order chi connectivity index (χ0) is 43.6. The summed E-state index contributed by atoms with van der Waals surface area (Å²) in [6, 6.07) is 71.0. The fraction of sp³-hybridized carbons (Fsp3) is 0.140. The third-order valence-electron chi connectivity index (χ3n) is 14.6. The predicted octanol–water partition coefficient (Wildman–Crippen LogP) is 10.2. The number of rotatable bonds is 8. The van der Waals surface area contributed by atoms with E-state index in [4.69, 9.17) is 24.9 Å². The van der Waals surface area contributed by atoms with Crippen LogP contribution in [0.2, 0.25) is 0 Å². The Hall–Kier alpha value is -7.55. The Labute approximate surface area is 380 Å². The predicted molar refractivity (Wildman–Crippen MR) is 267 cm³/mol. The molecule has 0 spiro atoms. The van der Waals surface area contributed by atoms with Crippen LogP contribution in [0, 0.1) is 0 Å². The maximum Gasteiger partial charge on any atom is 0.240 e. The Morgan fingerprint density at radius 3 is 1.63 bits per heavy atom. The molecule has 0 radical (unpaired) electrons. The highest BCUT2D eigenvalue weighted by atomic mass is 28.3. The second-order valence-corrected chi connectivity index (χ2v) is 21.6. The minimum atomic E-state index is -3.21. The summed E-state index contributed by atoms with van der Waals surface area (Å²) in [6.45, 7) is 4.87. The number of hydrogen-bond acceptors (Lipinski definition) is 6. The molecule has 6 aromatic carbocycles. The third kappa shape index (κ3) is 5.97. The van der Waals surface area contributed by atoms with Gasteiger partial charge in [0.2, 0.25) is 20.0 Å². The van der Waals surface area contributed by atoms with E-state index in [1.807, 2.05) is 6.07 Å². The first-order chi connectivity index (χ1) is 32.0. The van der Waals surface area contributed by atoms with Crippen molar-refractivity contribution in [2.75, 3.05) is 4.90 Å². The SMILES string of the molecule is CC12CCCCC1(C)N(c1nc(-c3cccc([Si](c4ccccc4)(c4ccccc4)c4cccc(-c5ccccc5)n4)n3)nc(-n3c4ccccc4c4ccccc43)n1)c1ccccc12. The third-order valence-corrected chi connectivity index (χ3v) is 19.1. The molecule has 0 N–H and O–H groups in total. The molecule has 314 valence electrons. The van der Waals surface area contributed by atoms with Crippen molar-refractivity contribution in [1.29, 1.82) is 0 Å². The lowest BCUT2D eigenvalue weighted by Gasteiger charge is -2.49. The van der Waals surface area contributed by atoms with E-state index in [0.717, 1.165) is 68.6 Å². The van der Waals surface area contributed by atoms with Crippen LogP contribution in [0.3, 0.4) is 0 Å². The van der Waals surface area contributed by atoms with E-state index in [9.17, 15) is 0 Å². The van der Waals surface area contributed by atoms with Crippen molar-refractivity contribution >= 4 is 62.5 Å². The van der Waals surface area contributed by atoms with Crippen LogP contribution in [-0.2, 0) is 5.41 Å². The zero-order valence-electron chi connectivity index (χ0n) is 36.5. The van der Waals surface area contributed by atoms with Crippen molar-refractivity contribution in [3.05, 3.63) is 206 Å². The Kier molecular flexibility index (Phi) is 9.21. The molecule has 0 bridgehead atoms. The summed E-state index contributed by atoms with van der Waals surface area (Å²) in [4.78, 5) is 30.3. The van der Waals surface area contributed by atoms with Gasteiger partial charge in [-0.15, -0.1) is 0 Å². The first-order valence-electron chi connectivity index (χ1n) is 22.7. The molecule has 4 aromatic heterocycles. The van der Waals surface area contributed by atoms with Gasteiger partial charge in [-0.05, 0) is 78.2 Å². The normalized spacial score (nSPS) is 18.2. The highest BCUT2D eigenvalue weighted by Crippen LogP contribution is 2.60. The number of anilines is 2. The second-order valence-electron chi connectivity index (χ2n) is 18.0. The van der Waals surface area contributed by atoms with Crippen molar-refractivity contribution in [2.24, 2.45) is 0 Å². The molecular formula is C57H47N7Si. The Morgan fingerprint density at radius 1 is 0.446 bits per heavy atom. The van der Waals surface area contributed by atoms with Gasteiger partial charge in [-0.1, -0.05) is 177 Å². The monoisotopic (exact) mass is 857 g/mol. The molecule has 8 heteroatoms. The molecule has 2 unspecified atom stereocenters. The average molecular weight is 858 g/mol. The summed E-state index contributed by atoms with van der Waals surface area (Å²) >= 11 is 0. The van der Waals surface area contributed by atoms with Crippen LogP contribution in [0.5, 0.6) is 0 Å². The molecule has 1 aliphatic carbocycles. The van der Waals surface area contributed by atoms with Crippen molar-refractivity contribution in [1.82, 2.24) is 29.5 Å². The Bertz CT molecular complexity index is 3300. The smallest absolute Gasteiger partial charge is 0.240 e. The number of pyridine rings is 2. The molecule has 7 nitrogen and oxygen atoms in total. The molecule has 12 rings (SSSR count). The second kappa shape index (κ2) is 15.3. The van der Waals surface area contributed by atoms with Gasteiger partial charge in [0.05, 0.1) is 22.3 Å². The minimum Gasteiger partial charge on any atom is -0.303 e. The van der Waals surface area contributed by atoms with E-state index in [0.29, 0.717) is 23.4 Å². The zero-order valence-corrected chi connectivity index (χ0v) is 37.5. The van der Waals surface area contributed by atoms with Crippen LogP contribution in [-0.4, -0.2) is 43.1 Å². The van der Waals surface area contributed by atoms with E-state index < -0.39 is 8.07 Å². The van der Waals surface area contributed by atoms with Gasteiger partial charge in [0, 0.05) is 38.1 Å². The molecule has 0 saturated heterocycles. The van der Waals surface area contributed by atoms with E-state index in [-0.39, 0.29) is 11.0 Å². The lowest BCUT2D eigenvalue weighted by Crippen LogP contribution is -2.76. The van der Waals surface area contributed by atoms with Gasteiger partial charge in [0.1, 0.15) is 5.69 Å². The minimum absolute atomic E-state index is 0.0856. The number of hydrogen-bond donors (Lipinski definition) is 0. The fourth-order valence-corrected chi connectivity index (χ4v) is 15.7. The Morgan fingerprint density at radius 2 is 0.969 bits per heavy atom. The van der Waals surface area contributed by atoms with Gasteiger partial charge in [-0.2, -0.15) is 15.0 Å². The summed E-state index contributed by atoms with van der Waals surface area (Å²) in [5.74, 6) is 1.72. The molecule has 10 aromatic rings. The van der Waals surface area contributed by atoms with E-state index in [2.05, 4.69) is 217 Å². The summed E-state index contributed by atoms with van der Waals surface area (Å²) < 4.78 is 2.21. The first-order valence-corrected chi connectivity index (χ1v) is 24.7. The average Bonchev–Trinajstić information content (AvgIpc) is 3.82. The van der Waals surface area contributed by atoms with E-state index in [1.165, 1.54) is 22.4 Å². The standard InChI is InChI=1S/C57H47N7Si/c1-56-38-18-19-39-57(56,2)64(50-35-17-14-30-45(50)56)55-61-53(60-54(62-55)63-48-33-15-12-28-43(48)44-29-13-16-34-49(44)63)47-32-21-37-52(59-47)65(41-24-8-4-9-25-41,42-26-10-5-11-27-42)51-36-20-31-46(58-51)40-22-6-3-7-23-40/h3-17,20-37H,18-19,38-39H2,1-2H3. The lowest BCUT2D eigenvalue weighted by atomic mass is 9.61. The maximum absolute atomic E-state index is 5.76. The summed E-state index contributed by atoms with van der Waals surface area (Å²) in [5, 5.41) is 6.63. The number of aromatic nitrogens is 6. The van der Waals surface area contributed by atoms with E-state index in [1.54, 1.807) is 0 Å². The van der Waals surface area contributed by atoms with Gasteiger partial charge in [0.25, 0.3) is 0 Å². The van der Waals surface area contributed by atoms with Crippen LogP contribution >= 0.6 is 0 Å². The summed E-state index contributed by atoms with van der Waals surface area (Å²) in [5.41, 5.74) is 6.93. The molecular weight excluding hydrogens is 811 g/mol. The molecule has 2 atom stereocenters. The number of fused-ring (bicyclic) bond motifs is 6. The number of nitrogens with zero attached hydrogens (tertiary/aromatic N) is 7. The van der Waals surface area contributed by atoms with Crippen molar-refractivity contribution in [3.63, 3.8) is 0 Å². The molecule has 0 amide bonds. The Balaban J connectivity index is 1.13. The van der Waals surface area contributed by atoms with Crippen molar-refractivity contribution < 1.29 is 0 Å². The number of para-hydroxylation sites is 3. The van der Waals surface area contributed by atoms with Gasteiger partial charge in [-0.25, -0.2) is 0 Å². The molecule has 1 aliphatic heterocycles. The summed E-state index contributed by atoms with van der Waals surface area (Å²) in [7, 11) is -3.21. The van der Waals surface area contributed by atoms with E-state index >= 15 is 0 Å². The van der Waals surface area contributed by atoms with Crippen LogP contribution in [0.15, 0.2) is 200 Å². The van der Waals surface area contributed by atoms with Gasteiger partial charge >= 0.3 is 0 Å². The van der Waals surface area contributed by atoms with Gasteiger partial charge < -0.3 is 4.90 Å². The van der Waals surface area contributed by atoms with Crippen LogP contribution in [0.1, 0.15) is 45.1 Å². The largest absolute Gasteiger partial charge is 0.303 e. The topological polar surface area (TPSA) is 72.6 Å². The summed E-state index contributed by atoms with van der Waals surface area (Å²) in [6.07, 6.45) is 4.46. The number of benzene rings is 6. The van der Waals surface area contributed by atoms with Crippen LogP contribution in [0.4, 0.5) is 11.6 Å². The lowest BCUT2D eigenvalue weighted by molar-refractivity contribution is 0.193. The highest BCUT2D eigenvalue weighted by Gasteiger charge is 2.58. The fourth-order valence-electron chi connectivity index (χ4n) is 11.3. The van der Waals surface area contributed by atoms with Gasteiger partial charge in [0.15, 0.2) is 5.82 Å². The van der Waals surface area contributed by atoms with Crippen LogP contribution in [0.25, 0.3) is 50.5 Å². The van der Waals surface area contributed by atoms with Gasteiger partial charge in [-0.3, -0.25) is 14.5 Å². The highest BCUT2D eigenvalue weighted by molar-refractivity contribution is 7.19. The molecule has 1 fully saturated rings. The van der Waals surface area contributed by atoms with Crippen molar-refractivity contribution in [2.45, 2.75) is 50.5 Å². The molecule has 65 heavy (non-hydrogen) atoms. The maximum atomic E-state index is 5.76. The quantitative estimate of drug-likeness (QED) is 0.142. The van der Waals surface area contributed by atoms with Crippen LogP contribution < -0.4 is 25.9 Å².